The number of alkyl carbamates (subject to hydrolysis) is 1. The molecule has 4 fully saturated rings. The molecule has 0 spiro atoms. The van der Waals surface area contributed by atoms with Crippen molar-refractivity contribution >= 4 is 27.1 Å². The van der Waals surface area contributed by atoms with Gasteiger partial charge >= 0.3 is 6.09 Å². The summed E-state index contributed by atoms with van der Waals surface area (Å²) in [5.74, 6) is 1.55. The topological polar surface area (TPSA) is 118 Å². The first-order valence-electron chi connectivity index (χ1n) is 13.0. The Labute approximate surface area is 218 Å². The molecule has 1 aromatic carbocycles. The van der Waals surface area contributed by atoms with Crippen LogP contribution in [0.4, 0.5) is 4.79 Å². The van der Waals surface area contributed by atoms with Crippen LogP contribution in [-0.2, 0) is 14.9 Å². The van der Waals surface area contributed by atoms with Crippen LogP contribution in [0.1, 0.15) is 50.2 Å². The minimum Gasteiger partial charge on any atom is -0.497 e. The van der Waals surface area contributed by atoms with Crippen molar-refractivity contribution < 1.29 is 27.2 Å². The van der Waals surface area contributed by atoms with Gasteiger partial charge in [0, 0.05) is 23.7 Å². The molecule has 2 aromatic rings. The standard InChI is InChI=1S/C27H35N3O6S/c1-3-17-16-30-13-11-18(17)14-24(30)26(20-10-12-28-22-9-8-19(35-2)15-21(20)22)36-27(31)29-23-6-4-5-7-25(23)37(32,33)34/h3,8-10,12,15,17-18,23-26H,1,4-7,11,13-14,16H2,2H3,(H,29,31)(H,32,33,34)/t17?,18?,23-,24-,25-,26+/m0/s1. The van der Waals surface area contributed by atoms with E-state index in [1.807, 2.05) is 30.3 Å². The molecular weight excluding hydrogens is 494 g/mol. The first kappa shape index (κ1) is 25.9. The molecule has 9 nitrogen and oxygen atoms in total. The number of ether oxygens (including phenoxy) is 2. The predicted molar refractivity (Wildman–Crippen MR) is 140 cm³/mol. The van der Waals surface area contributed by atoms with E-state index in [9.17, 15) is 17.8 Å². The number of carbonyl (C=O) groups is 1. The Kier molecular flexibility index (Phi) is 7.42. The lowest BCUT2D eigenvalue weighted by Gasteiger charge is -2.51. The van der Waals surface area contributed by atoms with E-state index >= 15 is 0 Å². The number of piperidine rings is 3. The van der Waals surface area contributed by atoms with E-state index in [-0.39, 0.29) is 6.04 Å². The number of amides is 1. The van der Waals surface area contributed by atoms with Gasteiger partial charge in [-0.15, -0.1) is 6.58 Å². The van der Waals surface area contributed by atoms with Crippen LogP contribution < -0.4 is 10.1 Å². The number of fused-ring (bicyclic) bond motifs is 4. The molecule has 3 unspecified atom stereocenters. The Morgan fingerprint density at radius 1 is 1.27 bits per heavy atom. The summed E-state index contributed by atoms with van der Waals surface area (Å²) in [6.45, 7) is 5.80. The molecule has 3 saturated heterocycles. The first-order chi connectivity index (χ1) is 17.8. The molecule has 10 heteroatoms. The van der Waals surface area contributed by atoms with Gasteiger partial charge in [0.2, 0.25) is 0 Å². The van der Waals surface area contributed by atoms with Crippen LogP contribution in [-0.4, -0.2) is 66.5 Å². The van der Waals surface area contributed by atoms with Crippen molar-refractivity contribution in [2.45, 2.75) is 62.0 Å². The maximum Gasteiger partial charge on any atom is 0.408 e. The van der Waals surface area contributed by atoms with Crippen molar-refractivity contribution in [2.75, 3.05) is 20.2 Å². The largest absolute Gasteiger partial charge is 0.497 e. The van der Waals surface area contributed by atoms with Crippen molar-refractivity contribution in [1.82, 2.24) is 15.2 Å². The molecule has 1 amide bonds. The molecule has 200 valence electrons. The van der Waals surface area contributed by atoms with Gasteiger partial charge in [0.15, 0.2) is 0 Å². The zero-order valence-electron chi connectivity index (χ0n) is 21.1. The monoisotopic (exact) mass is 529 g/mol. The van der Waals surface area contributed by atoms with E-state index in [2.05, 4.69) is 21.8 Å². The number of nitrogens with one attached hydrogen (secondary N) is 1. The lowest BCUT2D eigenvalue weighted by molar-refractivity contribution is -0.0503. The number of hydrogen-bond acceptors (Lipinski definition) is 7. The molecule has 2 N–H and O–H groups in total. The fraction of sp³-hybridized carbons (Fsp3) is 0.556. The highest BCUT2D eigenvalue weighted by molar-refractivity contribution is 7.86. The van der Waals surface area contributed by atoms with E-state index < -0.39 is 33.6 Å². The highest BCUT2D eigenvalue weighted by atomic mass is 32.2. The van der Waals surface area contributed by atoms with Crippen molar-refractivity contribution in [3.8, 4) is 5.75 Å². The SMILES string of the molecule is C=CC1CN2CCC1C[C@H]2[C@H](OC(=O)N[C@H]1CCCC[C@@H]1S(=O)(=O)O)c1ccnc2ccc(OC)cc12. The summed E-state index contributed by atoms with van der Waals surface area (Å²) in [5.41, 5.74) is 1.60. The molecular formula is C27H35N3O6S. The molecule has 7 atom stereocenters. The van der Waals surface area contributed by atoms with Crippen molar-refractivity contribution in [2.24, 2.45) is 11.8 Å². The Bertz CT molecular complexity index is 1270. The van der Waals surface area contributed by atoms with Crippen molar-refractivity contribution in [3.05, 3.63) is 48.7 Å². The number of benzene rings is 1. The summed E-state index contributed by atoms with van der Waals surface area (Å²) >= 11 is 0. The number of nitrogens with zero attached hydrogens (tertiary/aromatic N) is 2. The zero-order valence-corrected chi connectivity index (χ0v) is 21.9. The minimum atomic E-state index is -4.28. The molecule has 0 radical (unpaired) electrons. The van der Waals surface area contributed by atoms with Crippen LogP contribution in [0.5, 0.6) is 5.75 Å². The van der Waals surface area contributed by atoms with Crippen LogP contribution in [0, 0.1) is 11.8 Å². The smallest absolute Gasteiger partial charge is 0.408 e. The summed E-state index contributed by atoms with van der Waals surface area (Å²) in [4.78, 5) is 20.2. The maximum atomic E-state index is 13.3. The molecule has 1 aliphatic carbocycles. The molecule has 6 rings (SSSR count). The normalized spacial score (nSPS) is 30.4. The molecule has 3 aliphatic heterocycles. The van der Waals surface area contributed by atoms with Crippen molar-refractivity contribution in [1.29, 1.82) is 0 Å². The molecule has 2 bridgehead atoms. The number of rotatable bonds is 7. The third-order valence-electron chi connectivity index (χ3n) is 8.41. The van der Waals surface area contributed by atoms with Crippen LogP contribution >= 0.6 is 0 Å². The van der Waals surface area contributed by atoms with Crippen LogP contribution in [0.3, 0.4) is 0 Å². The molecule has 4 heterocycles. The summed E-state index contributed by atoms with van der Waals surface area (Å²) in [5, 5.41) is 2.59. The number of aromatic nitrogens is 1. The lowest BCUT2D eigenvalue weighted by atomic mass is 9.73. The van der Waals surface area contributed by atoms with Gasteiger partial charge in [-0.3, -0.25) is 14.4 Å². The third-order valence-corrected chi connectivity index (χ3v) is 9.74. The summed E-state index contributed by atoms with van der Waals surface area (Å²) in [6.07, 6.45) is 6.65. The second kappa shape index (κ2) is 10.6. The predicted octanol–water partition coefficient (Wildman–Crippen LogP) is 4.11. The number of carbonyl (C=O) groups excluding carboxylic acids is 1. The second-order valence-corrected chi connectivity index (χ2v) is 12.1. The Hall–Kier alpha value is -2.69. The van der Waals surface area contributed by atoms with Gasteiger partial charge in [0.05, 0.1) is 24.7 Å². The average Bonchev–Trinajstić information content (AvgIpc) is 2.91. The first-order valence-corrected chi connectivity index (χ1v) is 14.5. The van der Waals surface area contributed by atoms with Gasteiger partial charge in [0.1, 0.15) is 17.1 Å². The summed E-state index contributed by atoms with van der Waals surface area (Å²) in [6, 6.07) is 6.79. The molecule has 4 aliphatic rings. The molecule has 1 aromatic heterocycles. The fourth-order valence-electron chi connectivity index (χ4n) is 6.48. The highest BCUT2D eigenvalue weighted by Gasteiger charge is 2.45. The maximum absolute atomic E-state index is 13.3. The van der Waals surface area contributed by atoms with Gasteiger partial charge in [-0.1, -0.05) is 18.9 Å². The van der Waals surface area contributed by atoms with Gasteiger partial charge in [-0.25, -0.2) is 4.79 Å². The average molecular weight is 530 g/mol. The third kappa shape index (κ3) is 5.32. The van der Waals surface area contributed by atoms with Gasteiger partial charge in [-0.2, -0.15) is 8.42 Å². The van der Waals surface area contributed by atoms with E-state index in [1.54, 1.807) is 13.3 Å². The lowest BCUT2D eigenvalue weighted by Crippen LogP contribution is -2.56. The fourth-order valence-corrected chi connectivity index (χ4v) is 7.57. The Morgan fingerprint density at radius 3 is 2.78 bits per heavy atom. The van der Waals surface area contributed by atoms with Crippen LogP contribution in [0.2, 0.25) is 0 Å². The van der Waals surface area contributed by atoms with Crippen LogP contribution in [0.15, 0.2) is 43.1 Å². The number of methoxy groups -OCH3 is 1. The highest BCUT2D eigenvalue weighted by Crippen LogP contribution is 2.43. The quantitative estimate of drug-likeness (QED) is 0.407. The van der Waals surface area contributed by atoms with Gasteiger partial charge in [0.25, 0.3) is 10.1 Å². The van der Waals surface area contributed by atoms with E-state index in [4.69, 9.17) is 9.47 Å². The molecule has 1 saturated carbocycles. The van der Waals surface area contributed by atoms with Gasteiger partial charge < -0.3 is 14.8 Å². The zero-order chi connectivity index (χ0) is 26.2. The minimum absolute atomic E-state index is 0.0405. The Morgan fingerprint density at radius 2 is 2.08 bits per heavy atom. The van der Waals surface area contributed by atoms with E-state index in [1.165, 1.54) is 0 Å². The van der Waals surface area contributed by atoms with Crippen LogP contribution in [0.25, 0.3) is 10.9 Å². The summed E-state index contributed by atoms with van der Waals surface area (Å²) in [7, 11) is -2.68. The molecule has 37 heavy (non-hydrogen) atoms. The van der Waals surface area contributed by atoms with E-state index in [0.717, 1.165) is 48.8 Å². The van der Waals surface area contributed by atoms with Gasteiger partial charge in [-0.05, 0) is 68.3 Å². The second-order valence-electron chi connectivity index (χ2n) is 10.4. The number of hydrogen-bond donors (Lipinski definition) is 2. The Balaban J connectivity index is 1.47. The number of pyridine rings is 1. The summed E-state index contributed by atoms with van der Waals surface area (Å²) < 4.78 is 45.3. The van der Waals surface area contributed by atoms with E-state index in [0.29, 0.717) is 36.8 Å². The van der Waals surface area contributed by atoms with Crippen molar-refractivity contribution in [3.63, 3.8) is 0 Å².